The second kappa shape index (κ2) is 8.77. The molecule has 0 spiro atoms. The first-order chi connectivity index (χ1) is 16.0. The molecule has 2 aromatic carbocycles. The van der Waals surface area contributed by atoms with Gasteiger partial charge in [0.1, 0.15) is 11.9 Å². The number of methoxy groups -OCH3 is 1. The second-order valence-electron chi connectivity index (χ2n) is 8.90. The van der Waals surface area contributed by atoms with E-state index in [4.69, 9.17) is 9.57 Å². The normalized spacial score (nSPS) is 21.4. The van der Waals surface area contributed by atoms with Crippen LogP contribution >= 0.6 is 0 Å². The van der Waals surface area contributed by atoms with Crippen LogP contribution in [-0.4, -0.2) is 40.0 Å². The Bertz CT molecular complexity index is 1210. The number of ether oxygens (including phenoxy) is 1. The smallest absolute Gasteiger partial charge is 0.172 e. The standard InChI is InChI=1S/C27H30N4O2/c1-18-7-10-22(11-8-18)26-20(3)33-29-27-23(6-5-13-31(26)27)14-21-9-12-24(25(15-21)32-4)30-16-19(2)28-17-30/h7-12,14-17,20,26H,5-6,13H2,1-4H3/b23-14+. The molecule has 0 saturated carbocycles. The first kappa shape index (κ1) is 21.3. The van der Waals surface area contributed by atoms with Crippen LogP contribution in [0.3, 0.4) is 0 Å². The molecule has 6 heteroatoms. The summed E-state index contributed by atoms with van der Waals surface area (Å²) < 4.78 is 7.69. The average molecular weight is 443 g/mol. The highest BCUT2D eigenvalue weighted by Gasteiger charge is 2.37. The summed E-state index contributed by atoms with van der Waals surface area (Å²) in [6.07, 6.45) is 8.07. The van der Waals surface area contributed by atoms with Gasteiger partial charge in [0.2, 0.25) is 0 Å². The SMILES string of the molecule is COc1cc(/C=C2\CCCN3C2=NOC(C)C3c2ccc(C)cc2)ccc1-n1cnc(C)c1. The molecule has 0 amide bonds. The first-order valence-electron chi connectivity index (χ1n) is 11.5. The lowest BCUT2D eigenvalue weighted by molar-refractivity contribution is -0.00942. The molecule has 1 aromatic heterocycles. The molecule has 2 aliphatic rings. The average Bonchev–Trinajstić information content (AvgIpc) is 3.26. The van der Waals surface area contributed by atoms with Crippen molar-refractivity contribution in [2.75, 3.05) is 13.7 Å². The van der Waals surface area contributed by atoms with Crippen LogP contribution in [0.5, 0.6) is 5.75 Å². The first-order valence-corrected chi connectivity index (χ1v) is 11.5. The number of hydrogen-bond acceptors (Lipinski definition) is 5. The van der Waals surface area contributed by atoms with Crippen LogP contribution in [-0.2, 0) is 4.84 Å². The van der Waals surface area contributed by atoms with Crippen LogP contribution < -0.4 is 4.74 Å². The molecule has 2 unspecified atom stereocenters. The number of aromatic nitrogens is 2. The van der Waals surface area contributed by atoms with Gasteiger partial charge in [0.25, 0.3) is 0 Å². The van der Waals surface area contributed by atoms with Gasteiger partial charge in [-0.15, -0.1) is 0 Å². The van der Waals surface area contributed by atoms with Gasteiger partial charge in [-0.05, 0) is 68.5 Å². The number of rotatable bonds is 4. The molecule has 1 fully saturated rings. The highest BCUT2D eigenvalue weighted by molar-refractivity contribution is 6.03. The van der Waals surface area contributed by atoms with Gasteiger partial charge in [0, 0.05) is 12.7 Å². The highest BCUT2D eigenvalue weighted by Crippen LogP contribution is 2.36. The molecule has 170 valence electrons. The summed E-state index contributed by atoms with van der Waals surface area (Å²) in [5.74, 6) is 1.75. The number of piperidine rings is 1. The Morgan fingerprint density at radius 2 is 1.94 bits per heavy atom. The maximum Gasteiger partial charge on any atom is 0.172 e. The monoisotopic (exact) mass is 442 g/mol. The molecule has 2 aliphatic heterocycles. The quantitative estimate of drug-likeness (QED) is 0.539. The van der Waals surface area contributed by atoms with Crippen molar-refractivity contribution in [1.29, 1.82) is 0 Å². The van der Waals surface area contributed by atoms with Crippen molar-refractivity contribution in [2.24, 2.45) is 5.16 Å². The Hall–Kier alpha value is -3.54. The molecule has 0 bridgehead atoms. The minimum Gasteiger partial charge on any atom is -0.495 e. The van der Waals surface area contributed by atoms with Gasteiger partial charge in [-0.25, -0.2) is 4.98 Å². The van der Waals surface area contributed by atoms with Gasteiger partial charge in [-0.3, -0.25) is 0 Å². The number of oxime groups is 1. The van der Waals surface area contributed by atoms with E-state index in [1.807, 2.05) is 24.0 Å². The van der Waals surface area contributed by atoms with Crippen LogP contribution in [0.4, 0.5) is 0 Å². The lowest BCUT2D eigenvalue weighted by atomic mass is 9.93. The van der Waals surface area contributed by atoms with E-state index in [9.17, 15) is 0 Å². The number of hydrogen-bond donors (Lipinski definition) is 0. The van der Waals surface area contributed by atoms with Gasteiger partial charge < -0.3 is 19.0 Å². The lowest BCUT2D eigenvalue weighted by Crippen LogP contribution is -2.47. The predicted octanol–water partition coefficient (Wildman–Crippen LogP) is 5.45. The van der Waals surface area contributed by atoms with Crippen molar-refractivity contribution in [1.82, 2.24) is 14.5 Å². The van der Waals surface area contributed by atoms with Gasteiger partial charge >= 0.3 is 0 Å². The Balaban J connectivity index is 1.47. The van der Waals surface area contributed by atoms with Crippen LogP contribution in [0.25, 0.3) is 11.8 Å². The minimum atomic E-state index is -0.00572. The molecule has 5 rings (SSSR count). The Labute approximate surface area is 195 Å². The van der Waals surface area contributed by atoms with E-state index in [0.717, 1.165) is 47.9 Å². The fraction of sp³-hybridized carbons (Fsp3) is 0.333. The number of benzene rings is 2. The zero-order valence-corrected chi connectivity index (χ0v) is 19.7. The predicted molar refractivity (Wildman–Crippen MR) is 131 cm³/mol. The maximum absolute atomic E-state index is 5.91. The zero-order valence-electron chi connectivity index (χ0n) is 19.7. The number of aryl methyl sites for hydroxylation is 2. The summed E-state index contributed by atoms with van der Waals surface area (Å²) in [4.78, 5) is 12.7. The summed E-state index contributed by atoms with van der Waals surface area (Å²) in [6, 6.07) is 15.2. The molecular formula is C27H30N4O2. The van der Waals surface area contributed by atoms with E-state index in [1.165, 1.54) is 16.7 Å². The zero-order chi connectivity index (χ0) is 22.9. The number of nitrogens with zero attached hydrogens (tertiary/aromatic N) is 4. The lowest BCUT2D eigenvalue weighted by Gasteiger charge is -2.43. The Morgan fingerprint density at radius 3 is 2.67 bits per heavy atom. The van der Waals surface area contributed by atoms with Crippen molar-refractivity contribution in [3.05, 3.63) is 82.9 Å². The molecule has 33 heavy (non-hydrogen) atoms. The third kappa shape index (κ3) is 4.13. The van der Waals surface area contributed by atoms with Gasteiger partial charge in [0.15, 0.2) is 5.84 Å². The molecule has 3 heterocycles. The van der Waals surface area contributed by atoms with Gasteiger partial charge in [0.05, 0.1) is 30.9 Å². The number of fused-ring (bicyclic) bond motifs is 1. The van der Waals surface area contributed by atoms with E-state index in [-0.39, 0.29) is 12.1 Å². The number of amidine groups is 1. The van der Waals surface area contributed by atoms with Crippen LogP contribution in [0, 0.1) is 13.8 Å². The van der Waals surface area contributed by atoms with E-state index in [1.54, 1.807) is 7.11 Å². The van der Waals surface area contributed by atoms with Gasteiger partial charge in [-0.1, -0.05) is 41.1 Å². The van der Waals surface area contributed by atoms with Crippen molar-refractivity contribution < 1.29 is 9.57 Å². The third-order valence-corrected chi connectivity index (χ3v) is 6.44. The van der Waals surface area contributed by atoms with E-state index in [2.05, 4.69) is 77.4 Å². The van der Waals surface area contributed by atoms with Gasteiger partial charge in [-0.2, -0.15) is 0 Å². The van der Waals surface area contributed by atoms with E-state index < -0.39 is 0 Å². The molecule has 0 N–H and O–H groups in total. The maximum atomic E-state index is 5.91. The van der Waals surface area contributed by atoms with Crippen molar-refractivity contribution in [3.63, 3.8) is 0 Å². The van der Waals surface area contributed by atoms with Crippen molar-refractivity contribution >= 4 is 11.9 Å². The second-order valence-corrected chi connectivity index (χ2v) is 8.90. The fourth-order valence-corrected chi connectivity index (χ4v) is 4.77. The summed E-state index contributed by atoms with van der Waals surface area (Å²) in [5.41, 5.74) is 6.74. The highest BCUT2D eigenvalue weighted by atomic mass is 16.6. The molecule has 0 aliphatic carbocycles. The number of imidazole rings is 1. The molecule has 0 radical (unpaired) electrons. The molecular weight excluding hydrogens is 412 g/mol. The fourth-order valence-electron chi connectivity index (χ4n) is 4.77. The minimum absolute atomic E-state index is 0.00572. The van der Waals surface area contributed by atoms with E-state index >= 15 is 0 Å². The Morgan fingerprint density at radius 1 is 1.12 bits per heavy atom. The molecule has 6 nitrogen and oxygen atoms in total. The third-order valence-electron chi connectivity index (χ3n) is 6.44. The summed E-state index contributed by atoms with van der Waals surface area (Å²) >= 11 is 0. The molecule has 1 saturated heterocycles. The van der Waals surface area contributed by atoms with E-state index in [0.29, 0.717) is 0 Å². The summed E-state index contributed by atoms with van der Waals surface area (Å²) in [5, 5.41) is 4.54. The van der Waals surface area contributed by atoms with Crippen molar-refractivity contribution in [2.45, 2.75) is 45.8 Å². The van der Waals surface area contributed by atoms with Crippen LogP contribution in [0.1, 0.15) is 48.2 Å². The summed E-state index contributed by atoms with van der Waals surface area (Å²) in [7, 11) is 1.70. The van der Waals surface area contributed by atoms with Crippen LogP contribution in [0.2, 0.25) is 0 Å². The topological polar surface area (TPSA) is 51.9 Å². The Kier molecular flexibility index (Phi) is 5.67. The summed E-state index contributed by atoms with van der Waals surface area (Å²) in [6.45, 7) is 7.18. The van der Waals surface area contributed by atoms with Crippen molar-refractivity contribution in [3.8, 4) is 11.4 Å². The molecule has 2 atom stereocenters. The molecule has 3 aromatic rings. The largest absolute Gasteiger partial charge is 0.495 e. The van der Waals surface area contributed by atoms with Crippen LogP contribution in [0.15, 0.2) is 65.7 Å².